The lowest BCUT2D eigenvalue weighted by Gasteiger charge is -2.20. The molecule has 7 aromatic carbocycles. The first-order valence-electron chi connectivity index (χ1n) is 32.9. The number of ether oxygens (including phenoxy) is 2. The summed E-state index contributed by atoms with van der Waals surface area (Å²) in [6, 6.07) is 44.8. The molecular weight excluding hydrogens is 1770 g/mol. The number of hydrogen-bond acceptors (Lipinski definition) is 24. The van der Waals surface area contributed by atoms with E-state index in [9.17, 15) is 54.8 Å². The van der Waals surface area contributed by atoms with Gasteiger partial charge in [0, 0.05) is 117 Å². The minimum atomic E-state index is -4.77. The highest BCUT2D eigenvalue weighted by atomic mass is 35.5. The molecule has 5 heterocycles. The zero-order chi connectivity index (χ0) is 85.4. The Morgan fingerprint density at radius 1 is 0.444 bits per heavy atom. The number of carbonyl (C=O) groups is 2. The SMILES string of the molecule is CN(c1ccc(CC(=O)Cc2ccc(OC(F)(F)F)cc2)cc1)c1nc(Cl)ncc1Cl.CN(c1ccc(CC(=O)Cc2ccc(OC(F)(F)F)cc2)cc1)c1nc(Nc2cccc(NS(=O)[O-])c2)ncc1Cl.CN(c1ccc(N)cc1)c1nc(Cl)ncc1Cl.CN(c1ccc([N+](=O)[O-])cc1)c1nc(Cl)ncc1Cl.Clc1ncc(Cl)c(Cl)n1. The number of nitro benzene ring substituents is 1. The summed E-state index contributed by atoms with van der Waals surface area (Å²) in [7, 11) is 7.11. The number of carbonyl (C=O) groups excluding carboxylic acids is 2. The Morgan fingerprint density at radius 2 is 0.752 bits per heavy atom. The molecule has 26 nitrogen and oxygen atoms in total. The quantitative estimate of drug-likeness (QED) is 0.0102. The van der Waals surface area contributed by atoms with Crippen LogP contribution in [-0.2, 0) is 46.5 Å². The number of aromatic nitrogens is 10. The van der Waals surface area contributed by atoms with Crippen LogP contribution >= 0.6 is 116 Å². The fourth-order valence-electron chi connectivity index (χ4n) is 9.90. The first-order valence-corrected chi connectivity index (χ1v) is 37.8. The van der Waals surface area contributed by atoms with Crippen LogP contribution in [0.25, 0.3) is 0 Å². The number of nitrogens with two attached hydrogens (primary N) is 1. The molecule has 12 rings (SSSR count). The molecule has 0 aliphatic carbocycles. The van der Waals surface area contributed by atoms with Crippen LogP contribution in [0.1, 0.15) is 22.3 Å². The molecular formula is C74H57Cl10F6N18O8S-. The summed E-state index contributed by atoms with van der Waals surface area (Å²) in [5.74, 6) is 1.21. The fourth-order valence-corrected chi connectivity index (χ4v) is 11.9. The highest BCUT2D eigenvalue weighted by Gasteiger charge is 2.32. The normalized spacial score (nSPS) is 11.1. The van der Waals surface area contributed by atoms with Gasteiger partial charge in [0.25, 0.3) is 5.69 Å². The number of nitro groups is 1. The van der Waals surface area contributed by atoms with Gasteiger partial charge in [-0.25, -0.2) is 29.9 Å². The van der Waals surface area contributed by atoms with Crippen molar-refractivity contribution in [3.05, 3.63) is 285 Å². The first-order chi connectivity index (χ1) is 55.3. The van der Waals surface area contributed by atoms with E-state index >= 15 is 0 Å². The van der Waals surface area contributed by atoms with Crippen LogP contribution < -0.4 is 44.8 Å². The van der Waals surface area contributed by atoms with Crippen molar-refractivity contribution in [2.75, 3.05) is 63.6 Å². The second kappa shape index (κ2) is 43.1. The molecule has 610 valence electrons. The van der Waals surface area contributed by atoms with E-state index in [1.807, 2.05) is 48.3 Å². The van der Waals surface area contributed by atoms with E-state index in [-0.39, 0.29) is 86.7 Å². The van der Waals surface area contributed by atoms with Crippen LogP contribution in [0.5, 0.6) is 11.5 Å². The van der Waals surface area contributed by atoms with E-state index in [2.05, 4.69) is 69.4 Å². The van der Waals surface area contributed by atoms with Gasteiger partial charge in [-0.05, 0) is 172 Å². The summed E-state index contributed by atoms with van der Waals surface area (Å²) in [5, 5.41) is 15.9. The van der Waals surface area contributed by atoms with Gasteiger partial charge in [0.05, 0.1) is 40.9 Å². The predicted molar refractivity (Wildman–Crippen MR) is 443 cm³/mol. The number of nitrogens with zero attached hydrogens (tertiary/aromatic N) is 15. The Balaban J connectivity index is 0.000000197. The minimum Gasteiger partial charge on any atom is -0.755 e. The highest BCUT2D eigenvalue weighted by molar-refractivity contribution is 7.80. The van der Waals surface area contributed by atoms with Crippen molar-refractivity contribution in [1.82, 2.24) is 49.8 Å². The average Bonchev–Trinajstić information content (AvgIpc) is 0.825. The van der Waals surface area contributed by atoms with E-state index in [1.165, 1.54) is 91.6 Å². The van der Waals surface area contributed by atoms with Crippen LogP contribution in [0.15, 0.2) is 201 Å². The summed E-state index contributed by atoms with van der Waals surface area (Å²) in [5.41, 5.74) is 13.1. The number of halogens is 16. The maximum Gasteiger partial charge on any atom is 0.573 e. The van der Waals surface area contributed by atoms with Crippen molar-refractivity contribution in [3.63, 3.8) is 0 Å². The fraction of sp³-hybridized carbons (Fsp3) is 0.135. The molecule has 0 saturated heterocycles. The smallest absolute Gasteiger partial charge is 0.573 e. The van der Waals surface area contributed by atoms with Crippen LogP contribution in [0.4, 0.5) is 101 Å². The number of non-ortho nitro benzene ring substituents is 1. The van der Waals surface area contributed by atoms with E-state index in [0.717, 1.165) is 28.2 Å². The summed E-state index contributed by atoms with van der Waals surface area (Å²) in [4.78, 5) is 81.4. The standard InChI is InChI=1S/C27H23ClF3N5O4S.C21H16Cl2F3N3O2.C11H8Cl2N4O2.C11H10Cl2N4.C4HCl3N2/c1-36(25-24(28)16-32-26(34-25)33-19-3-2-4-20(15-19)35-41(38)39)21-9-5-17(6-10-21)13-22(37)14-18-7-11-23(12-8-18)40-27(29,30)31;1-29(19-18(22)12-27-20(23)28-19)15-6-2-13(3-7-15)10-16(30)11-14-4-8-17(9-5-14)31-21(24,25)26;1-16(10-9(12)6-14-11(13)15-10)7-2-4-8(5-3-7)17(18)19;1-17(8-4-2-7(14)3-5-8)10-9(12)6-15-11(13)16-10;5-2-1-8-4(7)9-3(2)6/h2-12,15-16,35H,13-14H2,1H3,(H,38,39)(H,32,33,34);2-9,12H,10-11H2,1H3;2-6H,1H3;2-6H,14H2,1H3;1H/p-1. The molecule has 117 heavy (non-hydrogen) atoms. The third kappa shape index (κ3) is 29.9. The summed E-state index contributed by atoms with van der Waals surface area (Å²) in [6.45, 7) is 0. The highest BCUT2D eigenvalue weighted by Crippen LogP contribution is 2.36. The number of rotatable bonds is 23. The second-order valence-corrected chi connectivity index (χ2v) is 28.1. The van der Waals surface area contributed by atoms with E-state index < -0.39 is 28.9 Å². The molecule has 0 aliphatic heterocycles. The molecule has 5 aromatic heterocycles. The molecule has 0 bridgehead atoms. The van der Waals surface area contributed by atoms with Crippen molar-refractivity contribution >= 4 is 214 Å². The molecule has 0 radical (unpaired) electrons. The van der Waals surface area contributed by atoms with Crippen molar-refractivity contribution in [2.24, 2.45) is 0 Å². The Hall–Kier alpha value is -10.5. The van der Waals surface area contributed by atoms with Crippen molar-refractivity contribution < 1.29 is 59.1 Å². The lowest BCUT2D eigenvalue weighted by atomic mass is 10.0. The van der Waals surface area contributed by atoms with Gasteiger partial charge >= 0.3 is 12.7 Å². The van der Waals surface area contributed by atoms with Gasteiger partial charge in [-0.2, -0.15) is 19.9 Å². The molecule has 4 N–H and O–H groups in total. The molecule has 43 heteroatoms. The third-order valence-corrected chi connectivity index (χ3v) is 18.2. The minimum absolute atomic E-state index is 0.0176. The topological polar surface area (TPSA) is 328 Å². The van der Waals surface area contributed by atoms with Crippen LogP contribution in [-0.4, -0.2) is 116 Å². The molecule has 1 atom stereocenters. The summed E-state index contributed by atoms with van der Waals surface area (Å²) < 4.78 is 105. The van der Waals surface area contributed by atoms with Gasteiger partial charge in [-0.15, -0.1) is 26.3 Å². The number of nitrogen functional groups attached to an aromatic ring is 1. The maximum absolute atomic E-state index is 12.5. The van der Waals surface area contributed by atoms with Gasteiger partial charge in [0.15, 0.2) is 28.4 Å². The Kier molecular flexibility index (Phi) is 33.9. The van der Waals surface area contributed by atoms with Crippen molar-refractivity contribution in [2.45, 2.75) is 38.4 Å². The van der Waals surface area contributed by atoms with Gasteiger partial charge in [0.2, 0.25) is 27.1 Å². The van der Waals surface area contributed by atoms with Crippen LogP contribution in [0, 0.1) is 10.1 Å². The van der Waals surface area contributed by atoms with Gasteiger partial charge < -0.3 is 49.4 Å². The average molecular weight is 1830 g/mol. The Bertz CT molecular complexity index is 5420. The van der Waals surface area contributed by atoms with E-state index in [4.69, 9.17) is 122 Å². The number of hydrogen-bond donors (Lipinski definition) is 3. The zero-order valence-corrected chi connectivity index (χ0v) is 68.8. The van der Waals surface area contributed by atoms with E-state index in [0.29, 0.717) is 82.3 Å². The molecule has 0 fully saturated rings. The zero-order valence-electron chi connectivity index (χ0n) is 60.4. The lowest BCUT2D eigenvalue weighted by molar-refractivity contribution is -0.384. The predicted octanol–water partition coefficient (Wildman–Crippen LogP) is 20.9. The maximum atomic E-state index is 12.5. The van der Waals surface area contributed by atoms with Crippen LogP contribution in [0.3, 0.4) is 0 Å². The lowest BCUT2D eigenvalue weighted by Crippen LogP contribution is -2.17. The molecule has 1 unspecified atom stereocenters. The van der Waals surface area contributed by atoms with Crippen molar-refractivity contribution in [3.8, 4) is 11.5 Å². The van der Waals surface area contributed by atoms with E-state index in [1.54, 1.807) is 109 Å². The van der Waals surface area contributed by atoms with Gasteiger partial charge in [-0.1, -0.05) is 124 Å². The number of nitrogens with one attached hydrogen (secondary N) is 2. The Labute approximate surface area is 715 Å². The molecule has 0 amide bonds. The Morgan fingerprint density at radius 3 is 1.09 bits per heavy atom. The second-order valence-electron chi connectivity index (χ2n) is 23.7. The molecule has 0 saturated carbocycles. The monoisotopic (exact) mass is 1820 g/mol. The van der Waals surface area contributed by atoms with Crippen molar-refractivity contribution in [1.29, 1.82) is 0 Å². The number of ketones is 2. The van der Waals surface area contributed by atoms with Gasteiger partial charge in [-0.3, -0.25) is 23.9 Å². The molecule has 0 aliphatic rings. The summed E-state index contributed by atoms with van der Waals surface area (Å²) >= 11 is 55.6. The number of anilines is 12. The van der Waals surface area contributed by atoms with Gasteiger partial charge in [0.1, 0.15) is 43.2 Å². The largest absolute Gasteiger partial charge is 0.755 e. The molecule has 0 spiro atoms. The number of Topliss-reactive ketones (excluding diaryl/α,β-unsaturated/α-hetero) is 2. The molecule has 12 aromatic rings. The third-order valence-electron chi connectivity index (χ3n) is 15.4. The number of alkyl halides is 6. The first kappa shape index (κ1) is 92.0. The summed E-state index contributed by atoms with van der Waals surface area (Å²) in [6.07, 6.45) is -1.97. The number of benzene rings is 7. The van der Waals surface area contributed by atoms with Crippen LogP contribution in [0.2, 0.25) is 51.4 Å².